The highest BCUT2D eigenvalue weighted by Crippen LogP contribution is 2.02. The van der Waals surface area contributed by atoms with Gasteiger partial charge < -0.3 is 9.83 Å². The number of carbonyl (C=O) groups excluding carboxylic acids is 1. The normalized spacial score (nSPS) is 10.2. The van der Waals surface area contributed by atoms with Gasteiger partial charge in [0.15, 0.2) is 5.78 Å². The highest BCUT2D eigenvalue weighted by Gasteiger charge is 2.18. The molecule has 0 atom stereocenters. The van der Waals surface area contributed by atoms with Crippen LogP contribution in [0.15, 0.2) is 43.0 Å². The van der Waals surface area contributed by atoms with Gasteiger partial charge >= 0.3 is 7.05 Å². The molecule has 4 heteroatoms. The molecule has 0 fully saturated rings. The van der Waals surface area contributed by atoms with Crippen molar-refractivity contribution in [2.45, 2.75) is 6.82 Å². The summed E-state index contributed by atoms with van der Waals surface area (Å²) in [7, 11) is -0.648. The van der Waals surface area contributed by atoms with E-state index in [0.717, 1.165) is 0 Å². The van der Waals surface area contributed by atoms with Crippen LogP contribution in [0.25, 0.3) is 0 Å². The van der Waals surface area contributed by atoms with Crippen LogP contribution in [0, 0.1) is 0 Å². The Morgan fingerprint density at radius 3 is 2.62 bits per heavy atom. The first-order valence-corrected chi connectivity index (χ1v) is 5.26. The van der Waals surface area contributed by atoms with Crippen molar-refractivity contribution < 1.29 is 9.82 Å². The van der Waals surface area contributed by atoms with E-state index in [4.69, 9.17) is 0 Å². The van der Waals surface area contributed by atoms with E-state index in [1.54, 1.807) is 29.8 Å². The lowest BCUT2D eigenvalue weighted by Crippen LogP contribution is -2.40. The fraction of sp³-hybridized carbons (Fsp3) is 0.250. The quantitative estimate of drug-likeness (QED) is 0.445. The van der Waals surface area contributed by atoms with Crippen LogP contribution in [0.2, 0.25) is 6.82 Å². The molecule has 1 aromatic carbocycles. The zero-order chi connectivity index (χ0) is 12.0. The molecule has 0 saturated heterocycles. The van der Waals surface area contributed by atoms with Crippen molar-refractivity contribution in [2.24, 2.45) is 0 Å². The SMILES string of the molecule is C=CCN(CC(=O)c1ccccc1)B(C)O. The predicted molar refractivity (Wildman–Crippen MR) is 66.4 cm³/mol. The van der Waals surface area contributed by atoms with Crippen LogP contribution >= 0.6 is 0 Å². The van der Waals surface area contributed by atoms with E-state index >= 15 is 0 Å². The molecule has 0 heterocycles. The highest BCUT2D eigenvalue weighted by molar-refractivity contribution is 6.45. The molecule has 0 amide bonds. The fourth-order valence-corrected chi connectivity index (χ4v) is 1.41. The molecule has 0 aliphatic carbocycles. The summed E-state index contributed by atoms with van der Waals surface area (Å²) in [5, 5.41) is 9.46. The Hall–Kier alpha value is -1.39. The second-order valence-electron chi connectivity index (χ2n) is 3.64. The minimum absolute atomic E-state index is 0.00310. The van der Waals surface area contributed by atoms with Gasteiger partial charge in [-0.15, -0.1) is 6.58 Å². The second kappa shape index (κ2) is 6.25. The summed E-state index contributed by atoms with van der Waals surface area (Å²) in [5.74, 6) is 0.00310. The smallest absolute Gasteiger partial charge is 0.377 e. The minimum atomic E-state index is -0.648. The van der Waals surface area contributed by atoms with Crippen molar-refractivity contribution in [3.8, 4) is 0 Å². The molecule has 0 radical (unpaired) electrons. The Morgan fingerprint density at radius 2 is 2.12 bits per heavy atom. The Labute approximate surface area is 96.5 Å². The van der Waals surface area contributed by atoms with Gasteiger partial charge in [-0.25, -0.2) is 0 Å². The van der Waals surface area contributed by atoms with Crippen LogP contribution in [-0.2, 0) is 0 Å². The standard InChI is InChI=1S/C12H16BNO2/c1-3-9-14(13(2)16)10-12(15)11-7-5-4-6-8-11/h3-8,16H,1,9-10H2,2H3. The molecule has 0 aliphatic heterocycles. The monoisotopic (exact) mass is 217 g/mol. The Bertz CT molecular complexity index is 351. The number of Topliss-reactive ketones (excluding diaryl/α,β-unsaturated/α-hetero) is 1. The lowest BCUT2D eigenvalue weighted by atomic mass is 9.84. The Balaban J connectivity index is 2.65. The van der Waals surface area contributed by atoms with Gasteiger partial charge in [0.25, 0.3) is 0 Å². The molecule has 16 heavy (non-hydrogen) atoms. The maximum Gasteiger partial charge on any atom is 0.377 e. The molecule has 0 aromatic heterocycles. The average Bonchev–Trinajstić information content (AvgIpc) is 2.29. The summed E-state index contributed by atoms with van der Waals surface area (Å²) in [6.07, 6.45) is 1.67. The van der Waals surface area contributed by atoms with Crippen LogP contribution in [0.3, 0.4) is 0 Å². The minimum Gasteiger partial charge on any atom is -0.437 e. The summed E-state index contributed by atoms with van der Waals surface area (Å²) in [6.45, 7) is 5.94. The Kier molecular flexibility index (Phi) is 4.96. The summed E-state index contributed by atoms with van der Waals surface area (Å²) in [5.41, 5.74) is 0.664. The molecular weight excluding hydrogens is 201 g/mol. The van der Waals surface area contributed by atoms with E-state index in [0.29, 0.717) is 12.1 Å². The number of benzene rings is 1. The number of carbonyl (C=O) groups is 1. The van der Waals surface area contributed by atoms with E-state index in [1.165, 1.54) is 0 Å². The first kappa shape index (κ1) is 12.7. The zero-order valence-corrected chi connectivity index (χ0v) is 9.47. The third kappa shape index (κ3) is 3.64. The van der Waals surface area contributed by atoms with E-state index in [-0.39, 0.29) is 12.3 Å². The number of nitrogens with zero attached hydrogens (tertiary/aromatic N) is 1. The van der Waals surface area contributed by atoms with Gasteiger partial charge in [-0.3, -0.25) is 4.79 Å². The highest BCUT2D eigenvalue weighted by atomic mass is 16.2. The van der Waals surface area contributed by atoms with E-state index < -0.39 is 7.05 Å². The van der Waals surface area contributed by atoms with Gasteiger partial charge in [-0.05, 0) is 6.82 Å². The zero-order valence-electron chi connectivity index (χ0n) is 9.47. The molecule has 84 valence electrons. The van der Waals surface area contributed by atoms with Crippen LogP contribution in [0.4, 0.5) is 0 Å². The van der Waals surface area contributed by atoms with Crippen LogP contribution in [-0.4, -0.2) is 35.8 Å². The molecule has 0 aliphatic rings. The molecule has 1 rings (SSSR count). The molecule has 3 nitrogen and oxygen atoms in total. The van der Waals surface area contributed by atoms with Gasteiger partial charge in [0.05, 0.1) is 6.54 Å². The van der Waals surface area contributed by atoms with Crippen molar-refractivity contribution in [1.29, 1.82) is 0 Å². The van der Waals surface area contributed by atoms with Gasteiger partial charge in [0, 0.05) is 12.1 Å². The molecular formula is C12H16BNO2. The molecule has 0 spiro atoms. The van der Waals surface area contributed by atoms with Crippen molar-refractivity contribution in [1.82, 2.24) is 4.81 Å². The maximum absolute atomic E-state index is 11.8. The topological polar surface area (TPSA) is 40.5 Å². The van der Waals surface area contributed by atoms with E-state index in [2.05, 4.69) is 6.58 Å². The summed E-state index contributed by atoms with van der Waals surface area (Å²) < 4.78 is 0. The van der Waals surface area contributed by atoms with Gasteiger partial charge in [0.1, 0.15) is 0 Å². The van der Waals surface area contributed by atoms with Gasteiger partial charge in [0.2, 0.25) is 0 Å². The Morgan fingerprint density at radius 1 is 1.50 bits per heavy atom. The number of rotatable bonds is 6. The summed E-state index contributed by atoms with van der Waals surface area (Å²) >= 11 is 0. The van der Waals surface area contributed by atoms with Crippen LogP contribution in [0.1, 0.15) is 10.4 Å². The first-order valence-electron chi connectivity index (χ1n) is 5.26. The number of hydrogen-bond donors (Lipinski definition) is 1. The van der Waals surface area contributed by atoms with Crippen molar-refractivity contribution >= 4 is 12.8 Å². The number of hydrogen-bond acceptors (Lipinski definition) is 3. The largest absolute Gasteiger partial charge is 0.437 e. The average molecular weight is 217 g/mol. The van der Waals surface area contributed by atoms with Crippen molar-refractivity contribution in [2.75, 3.05) is 13.1 Å². The van der Waals surface area contributed by atoms with E-state index in [9.17, 15) is 9.82 Å². The maximum atomic E-state index is 11.8. The third-order valence-electron chi connectivity index (χ3n) is 2.33. The fourth-order valence-electron chi connectivity index (χ4n) is 1.41. The molecule has 0 bridgehead atoms. The van der Waals surface area contributed by atoms with Gasteiger partial charge in [-0.2, -0.15) is 0 Å². The molecule has 1 aromatic rings. The number of ketones is 1. The first-order chi connectivity index (χ1) is 7.65. The van der Waals surface area contributed by atoms with Crippen molar-refractivity contribution in [3.63, 3.8) is 0 Å². The van der Waals surface area contributed by atoms with Crippen molar-refractivity contribution in [3.05, 3.63) is 48.6 Å². The van der Waals surface area contributed by atoms with Gasteiger partial charge in [-0.1, -0.05) is 36.4 Å². The lowest BCUT2D eigenvalue weighted by Gasteiger charge is -2.20. The summed E-state index contributed by atoms with van der Waals surface area (Å²) in [6, 6.07) is 9.07. The van der Waals surface area contributed by atoms with Crippen LogP contribution in [0.5, 0.6) is 0 Å². The molecule has 0 unspecified atom stereocenters. The second-order valence-corrected chi connectivity index (χ2v) is 3.64. The lowest BCUT2D eigenvalue weighted by molar-refractivity contribution is 0.0964. The van der Waals surface area contributed by atoms with Crippen LogP contribution < -0.4 is 0 Å². The predicted octanol–water partition coefficient (Wildman–Crippen LogP) is 1.47. The third-order valence-corrected chi connectivity index (χ3v) is 2.33. The van der Waals surface area contributed by atoms with E-state index in [1.807, 2.05) is 18.2 Å². The summed E-state index contributed by atoms with van der Waals surface area (Å²) in [4.78, 5) is 13.5. The molecule has 1 N–H and O–H groups in total. The molecule has 0 saturated carbocycles.